The third-order valence-corrected chi connectivity index (χ3v) is 3.52. The van der Waals surface area contributed by atoms with Crippen LogP contribution >= 0.6 is 23.1 Å². The van der Waals surface area contributed by atoms with Crippen LogP contribution in [-0.2, 0) is 9.53 Å². The Hall–Kier alpha value is -0.820. The van der Waals surface area contributed by atoms with Crippen LogP contribution in [0.2, 0.25) is 0 Å². The molecule has 0 fully saturated rings. The van der Waals surface area contributed by atoms with Gasteiger partial charge in [-0.3, -0.25) is 4.79 Å². The van der Waals surface area contributed by atoms with Crippen molar-refractivity contribution in [1.29, 1.82) is 0 Å². The summed E-state index contributed by atoms with van der Waals surface area (Å²) in [6.07, 6.45) is 0. The van der Waals surface area contributed by atoms with E-state index in [-0.39, 0.29) is 11.7 Å². The third-order valence-electron chi connectivity index (χ3n) is 1.32. The van der Waals surface area contributed by atoms with Crippen LogP contribution < -0.4 is 4.90 Å². The molecule has 5 nitrogen and oxygen atoms in total. The van der Waals surface area contributed by atoms with E-state index in [1.807, 2.05) is 19.0 Å². The minimum Gasteiger partial charge on any atom is -0.468 e. The Balaban J connectivity index is 2.48. The minimum atomic E-state index is -0.253. The van der Waals surface area contributed by atoms with Gasteiger partial charge in [0.15, 0.2) is 4.34 Å². The summed E-state index contributed by atoms with van der Waals surface area (Å²) in [6, 6.07) is 0. The standard InChI is InChI=1S/C7H11N3O2S2/c1-10(2)6-8-9-7(14-6)13-4-5(11)12-3/h4H2,1-3H3. The molecular weight excluding hydrogens is 222 g/mol. The first-order valence-corrected chi connectivity index (χ1v) is 5.64. The predicted octanol–water partition coefficient (Wildman–Crippen LogP) is 0.869. The van der Waals surface area contributed by atoms with E-state index in [0.717, 1.165) is 9.47 Å². The van der Waals surface area contributed by atoms with Crippen LogP contribution in [0.3, 0.4) is 0 Å². The fraction of sp³-hybridized carbons (Fsp3) is 0.571. The Morgan fingerprint density at radius 2 is 2.29 bits per heavy atom. The molecule has 7 heteroatoms. The van der Waals surface area contributed by atoms with Gasteiger partial charge in [0, 0.05) is 14.1 Å². The van der Waals surface area contributed by atoms with Gasteiger partial charge in [-0.05, 0) is 0 Å². The molecule has 0 atom stereocenters. The topological polar surface area (TPSA) is 55.3 Å². The third kappa shape index (κ3) is 3.15. The number of ether oxygens (including phenoxy) is 1. The van der Waals surface area contributed by atoms with Crippen molar-refractivity contribution in [1.82, 2.24) is 10.2 Å². The van der Waals surface area contributed by atoms with Gasteiger partial charge in [-0.25, -0.2) is 0 Å². The average Bonchev–Trinajstić information content (AvgIpc) is 2.62. The van der Waals surface area contributed by atoms with E-state index < -0.39 is 0 Å². The number of hydrogen-bond acceptors (Lipinski definition) is 7. The minimum absolute atomic E-state index is 0.253. The molecule has 78 valence electrons. The molecule has 1 aromatic heterocycles. The van der Waals surface area contributed by atoms with Crippen LogP contribution in [0.15, 0.2) is 4.34 Å². The highest BCUT2D eigenvalue weighted by Crippen LogP contribution is 2.26. The molecule has 0 spiro atoms. The molecule has 1 aromatic rings. The summed E-state index contributed by atoms with van der Waals surface area (Å²) in [7, 11) is 5.17. The van der Waals surface area contributed by atoms with Gasteiger partial charge in [-0.15, -0.1) is 10.2 Å². The first kappa shape index (κ1) is 11.3. The molecule has 1 heterocycles. The molecule has 1 rings (SSSR count). The Bertz CT molecular complexity index is 314. The summed E-state index contributed by atoms with van der Waals surface area (Å²) in [4.78, 5) is 12.7. The fourth-order valence-electron chi connectivity index (χ4n) is 0.621. The van der Waals surface area contributed by atoms with Gasteiger partial charge < -0.3 is 9.64 Å². The summed E-state index contributed by atoms with van der Waals surface area (Å²) < 4.78 is 5.29. The monoisotopic (exact) mass is 233 g/mol. The first-order valence-electron chi connectivity index (χ1n) is 3.84. The maximum absolute atomic E-state index is 10.8. The lowest BCUT2D eigenvalue weighted by molar-refractivity contribution is -0.137. The van der Waals surface area contributed by atoms with Gasteiger partial charge in [0.05, 0.1) is 12.9 Å². The van der Waals surface area contributed by atoms with Crippen LogP contribution in [0, 0.1) is 0 Å². The van der Waals surface area contributed by atoms with E-state index in [1.165, 1.54) is 30.2 Å². The van der Waals surface area contributed by atoms with E-state index >= 15 is 0 Å². The van der Waals surface area contributed by atoms with Gasteiger partial charge in [-0.2, -0.15) is 0 Å². The number of carbonyl (C=O) groups is 1. The number of rotatable bonds is 4. The molecular formula is C7H11N3O2S2. The Morgan fingerprint density at radius 3 is 2.79 bits per heavy atom. The van der Waals surface area contributed by atoms with E-state index in [2.05, 4.69) is 14.9 Å². The zero-order valence-corrected chi connectivity index (χ0v) is 9.81. The van der Waals surface area contributed by atoms with Crippen molar-refractivity contribution in [3.8, 4) is 0 Å². The molecule has 0 saturated carbocycles. The number of hydrogen-bond donors (Lipinski definition) is 0. The Labute approximate surface area is 90.5 Å². The van der Waals surface area contributed by atoms with Crippen LogP contribution in [0.1, 0.15) is 0 Å². The van der Waals surface area contributed by atoms with E-state index in [0.29, 0.717) is 0 Å². The van der Waals surface area contributed by atoms with Crippen LogP contribution in [0.25, 0.3) is 0 Å². The van der Waals surface area contributed by atoms with Crippen LogP contribution in [-0.4, -0.2) is 43.1 Å². The molecule has 0 aromatic carbocycles. The number of thioether (sulfide) groups is 1. The number of aromatic nitrogens is 2. The Morgan fingerprint density at radius 1 is 1.57 bits per heavy atom. The lowest BCUT2D eigenvalue weighted by atomic mass is 10.8. The van der Waals surface area contributed by atoms with Crippen LogP contribution in [0.5, 0.6) is 0 Å². The molecule has 14 heavy (non-hydrogen) atoms. The maximum atomic E-state index is 10.8. The predicted molar refractivity (Wildman–Crippen MR) is 57.0 cm³/mol. The zero-order chi connectivity index (χ0) is 10.6. The van der Waals surface area contributed by atoms with Crippen molar-refractivity contribution < 1.29 is 9.53 Å². The summed E-state index contributed by atoms with van der Waals surface area (Å²) in [5, 5.41) is 8.70. The van der Waals surface area contributed by atoms with Crippen LogP contribution in [0.4, 0.5) is 5.13 Å². The van der Waals surface area contributed by atoms with E-state index in [4.69, 9.17) is 0 Å². The van der Waals surface area contributed by atoms with Crippen molar-refractivity contribution >= 4 is 34.2 Å². The molecule has 0 radical (unpaired) electrons. The number of carbonyl (C=O) groups excluding carboxylic acids is 1. The SMILES string of the molecule is COC(=O)CSc1nnc(N(C)C)s1. The van der Waals surface area contributed by atoms with Crippen molar-refractivity contribution in [3.63, 3.8) is 0 Å². The fourth-order valence-corrected chi connectivity index (χ4v) is 2.22. The van der Waals surface area contributed by atoms with Gasteiger partial charge in [0.25, 0.3) is 0 Å². The number of anilines is 1. The molecule has 0 amide bonds. The summed E-state index contributed by atoms with van der Waals surface area (Å²) >= 11 is 2.79. The molecule has 0 aliphatic carbocycles. The van der Waals surface area contributed by atoms with Crippen molar-refractivity contribution in [2.75, 3.05) is 31.9 Å². The number of esters is 1. The summed E-state index contributed by atoms with van der Waals surface area (Å²) in [5.74, 6) is 0.0232. The molecule has 0 unspecified atom stereocenters. The highest BCUT2D eigenvalue weighted by molar-refractivity contribution is 8.01. The zero-order valence-electron chi connectivity index (χ0n) is 8.18. The highest BCUT2D eigenvalue weighted by atomic mass is 32.2. The molecule has 0 aliphatic heterocycles. The highest BCUT2D eigenvalue weighted by Gasteiger charge is 2.08. The smallest absolute Gasteiger partial charge is 0.316 e. The van der Waals surface area contributed by atoms with E-state index in [1.54, 1.807) is 0 Å². The summed E-state index contributed by atoms with van der Waals surface area (Å²) in [6.45, 7) is 0. The molecule has 0 bridgehead atoms. The second kappa shape index (κ2) is 5.16. The number of methoxy groups -OCH3 is 1. The number of nitrogens with zero attached hydrogens (tertiary/aromatic N) is 3. The average molecular weight is 233 g/mol. The van der Waals surface area contributed by atoms with Crippen molar-refractivity contribution in [3.05, 3.63) is 0 Å². The molecule has 0 aliphatic rings. The van der Waals surface area contributed by atoms with Crippen molar-refractivity contribution in [2.24, 2.45) is 0 Å². The lowest BCUT2D eigenvalue weighted by Gasteiger charge is -2.03. The summed E-state index contributed by atoms with van der Waals surface area (Å²) in [5.41, 5.74) is 0. The van der Waals surface area contributed by atoms with Gasteiger partial charge in [0.2, 0.25) is 5.13 Å². The van der Waals surface area contributed by atoms with E-state index in [9.17, 15) is 4.79 Å². The maximum Gasteiger partial charge on any atom is 0.316 e. The second-order valence-electron chi connectivity index (χ2n) is 2.61. The largest absolute Gasteiger partial charge is 0.468 e. The van der Waals surface area contributed by atoms with Gasteiger partial charge in [-0.1, -0.05) is 23.1 Å². The van der Waals surface area contributed by atoms with Crippen molar-refractivity contribution in [2.45, 2.75) is 4.34 Å². The van der Waals surface area contributed by atoms with Gasteiger partial charge in [0.1, 0.15) is 0 Å². The normalized spacial score (nSPS) is 9.93. The Kier molecular flexibility index (Phi) is 4.15. The molecule has 0 saturated heterocycles. The quantitative estimate of drug-likeness (QED) is 0.568. The van der Waals surface area contributed by atoms with Gasteiger partial charge >= 0.3 is 5.97 Å². The first-order chi connectivity index (χ1) is 6.63. The molecule has 0 N–H and O–H groups in total. The second-order valence-corrected chi connectivity index (χ2v) is 4.79. The lowest BCUT2D eigenvalue weighted by Crippen LogP contribution is -2.07.